The Labute approximate surface area is 119 Å². The highest BCUT2D eigenvalue weighted by Crippen LogP contribution is 2.25. The Bertz CT molecular complexity index is 566. The van der Waals surface area contributed by atoms with Gasteiger partial charge in [0.2, 0.25) is 5.91 Å². The van der Waals surface area contributed by atoms with Gasteiger partial charge in [-0.15, -0.1) is 0 Å². The molecule has 1 aliphatic heterocycles. The fraction of sp³-hybridized carbons (Fsp3) is 0.467. The number of carbonyl (C=O) groups excluding carboxylic acids is 2. The first-order valence-corrected chi connectivity index (χ1v) is 6.69. The fourth-order valence-corrected chi connectivity index (χ4v) is 2.58. The van der Waals surface area contributed by atoms with Gasteiger partial charge in [-0.05, 0) is 38.5 Å². The summed E-state index contributed by atoms with van der Waals surface area (Å²) in [5, 5.41) is 0. The molecule has 2 rings (SSSR count). The van der Waals surface area contributed by atoms with Crippen LogP contribution in [0, 0.1) is 6.92 Å². The van der Waals surface area contributed by atoms with Gasteiger partial charge < -0.3 is 15.5 Å². The average Bonchev–Trinajstić information content (AvgIpc) is 2.38. The summed E-state index contributed by atoms with van der Waals surface area (Å²) in [5.74, 6) is -0.181. The summed E-state index contributed by atoms with van der Waals surface area (Å²) in [7, 11) is 1.76. The Morgan fingerprint density at radius 1 is 1.30 bits per heavy atom. The molecule has 0 saturated carbocycles. The Balaban J connectivity index is 2.38. The second kappa shape index (κ2) is 4.81. The SMILES string of the molecule is Cc1ccc(N)cc1C(=O)N1CCN(C)C(=O)C1(C)C. The third-order valence-electron chi connectivity index (χ3n) is 3.94. The minimum absolute atomic E-state index is 0.0429. The summed E-state index contributed by atoms with van der Waals surface area (Å²) in [5.41, 5.74) is 6.92. The van der Waals surface area contributed by atoms with Crippen molar-refractivity contribution in [3.8, 4) is 0 Å². The van der Waals surface area contributed by atoms with Gasteiger partial charge in [-0.2, -0.15) is 0 Å². The van der Waals surface area contributed by atoms with Crippen LogP contribution in [0.4, 0.5) is 5.69 Å². The molecule has 20 heavy (non-hydrogen) atoms. The summed E-state index contributed by atoms with van der Waals surface area (Å²) < 4.78 is 0. The van der Waals surface area contributed by atoms with Crippen molar-refractivity contribution < 1.29 is 9.59 Å². The zero-order valence-corrected chi connectivity index (χ0v) is 12.4. The Morgan fingerprint density at radius 2 is 1.95 bits per heavy atom. The number of nitrogen functional groups attached to an aromatic ring is 1. The number of amides is 2. The topological polar surface area (TPSA) is 66.6 Å². The molecule has 1 aromatic rings. The van der Waals surface area contributed by atoms with Gasteiger partial charge in [0.25, 0.3) is 5.91 Å². The normalized spacial score (nSPS) is 18.3. The summed E-state index contributed by atoms with van der Waals surface area (Å²) in [4.78, 5) is 28.3. The number of hydrogen-bond donors (Lipinski definition) is 1. The Hall–Kier alpha value is -2.04. The highest BCUT2D eigenvalue weighted by molar-refractivity contribution is 6.01. The molecule has 1 aliphatic rings. The molecule has 0 atom stereocenters. The van der Waals surface area contributed by atoms with Gasteiger partial charge in [-0.25, -0.2) is 0 Å². The van der Waals surface area contributed by atoms with Gasteiger partial charge in [-0.3, -0.25) is 9.59 Å². The molecule has 0 aromatic heterocycles. The van der Waals surface area contributed by atoms with Crippen molar-refractivity contribution in [2.45, 2.75) is 26.3 Å². The maximum atomic E-state index is 12.7. The smallest absolute Gasteiger partial charge is 0.255 e. The van der Waals surface area contributed by atoms with Gasteiger partial charge in [-0.1, -0.05) is 6.07 Å². The first-order chi connectivity index (χ1) is 9.25. The molecule has 0 aliphatic carbocycles. The first kappa shape index (κ1) is 14.4. The van der Waals surface area contributed by atoms with Crippen molar-refractivity contribution in [1.82, 2.24) is 9.80 Å². The van der Waals surface area contributed by atoms with Crippen molar-refractivity contribution in [2.24, 2.45) is 0 Å². The number of anilines is 1. The molecule has 1 heterocycles. The summed E-state index contributed by atoms with van der Waals surface area (Å²) >= 11 is 0. The van der Waals surface area contributed by atoms with Crippen LogP contribution < -0.4 is 5.73 Å². The summed E-state index contributed by atoms with van der Waals surface area (Å²) in [6.45, 7) is 6.52. The maximum absolute atomic E-state index is 12.7. The van der Waals surface area contributed by atoms with Crippen LogP contribution in [0.15, 0.2) is 18.2 Å². The molecular formula is C15H21N3O2. The number of likely N-dealkylation sites (N-methyl/N-ethyl adjacent to an activating group) is 1. The quantitative estimate of drug-likeness (QED) is 0.785. The molecule has 2 N–H and O–H groups in total. The van der Waals surface area contributed by atoms with E-state index in [1.165, 1.54) is 0 Å². The van der Waals surface area contributed by atoms with Crippen LogP contribution in [-0.4, -0.2) is 47.3 Å². The summed E-state index contributed by atoms with van der Waals surface area (Å²) in [6.07, 6.45) is 0. The van der Waals surface area contributed by atoms with E-state index < -0.39 is 5.54 Å². The Kier molecular flexibility index (Phi) is 3.46. The third-order valence-corrected chi connectivity index (χ3v) is 3.94. The standard InChI is InChI=1S/C15H21N3O2/c1-10-5-6-11(16)9-12(10)13(19)18-8-7-17(4)14(20)15(18,2)3/h5-6,9H,7-8,16H2,1-4H3. The number of nitrogens with zero attached hydrogens (tertiary/aromatic N) is 2. The van der Waals surface area contributed by atoms with E-state index in [9.17, 15) is 9.59 Å². The lowest BCUT2D eigenvalue weighted by Gasteiger charge is -2.44. The summed E-state index contributed by atoms with van der Waals surface area (Å²) in [6, 6.07) is 5.27. The molecule has 1 fully saturated rings. The van der Waals surface area contributed by atoms with Crippen LogP contribution >= 0.6 is 0 Å². The van der Waals surface area contributed by atoms with E-state index in [1.54, 1.807) is 42.8 Å². The van der Waals surface area contributed by atoms with E-state index in [0.717, 1.165) is 5.56 Å². The predicted molar refractivity (Wildman–Crippen MR) is 78.3 cm³/mol. The van der Waals surface area contributed by atoms with Crippen LogP contribution in [0.5, 0.6) is 0 Å². The van der Waals surface area contributed by atoms with Crippen LogP contribution in [0.25, 0.3) is 0 Å². The van der Waals surface area contributed by atoms with E-state index >= 15 is 0 Å². The van der Waals surface area contributed by atoms with Gasteiger partial charge in [0, 0.05) is 31.4 Å². The molecule has 5 nitrogen and oxygen atoms in total. The van der Waals surface area contributed by atoms with Crippen LogP contribution in [0.1, 0.15) is 29.8 Å². The molecule has 5 heteroatoms. The highest BCUT2D eigenvalue weighted by Gasteiger charge is 2.43. The molecule has 1 saturated heterocycles. The Morgan fingerprint density at radius 3 is 2.60 bits per heavy atom. The van der Waals surface area contributed by atoms with Crippen LogP contribution in [0.2, 0.25) is 0 Å². The average molecular weight is 275 g/mol. The van der Waals surface area contributed by atoms with E-state index in [4.69, 9.17) is 5.73 Å². The fourth-order valence-electron chi connectivity index (χ4n) is 2.58. The maximum Gasteiger partial charge on any atom is 0.255 e. The lowest BCUT2D eigenvalue weighted by atomic mass is 9.95. The van der Waals surface area contributed by atoms with Crippen LogP contribution in [-0.2, 0) is 4.79 Å². The molecule has 0 unspecified atom stereocenters. The van der Waals surface area contributed by atoms with E-state index in [-0.39, 0.29) is 11.8 Å². The van der Waals surface area contributed by atoms with Gasteiger partial charge in [0.05, 0.1) is 0 Å². The van der Waals surface area contributed by atoms with E-state index in [2.05, 4.69) is 0 Å². The van der Waals surface area contributed by atoms with Crippen molar-refractivity contribution in [1.29, 1.82) is 0 Å². The zero-order valence-electron chi connectivity index (χ0n) is 12.4. The second-order valence-electron chi connectivity index (χ2n) is 5.82. The number of rotatable bonds is 1. The first-order valence-electron chi connectivity index (χ1n) is 6.69. The van der Waals surface area contributed by atoms with Gasteiger partial charge in [0.1, 0.15) is 5.54 Å². The van der Waals surface area contributed by atoms with Crippen molar-refractivity contribution >= 4 is 17.5 Å². The van der Waals surface area contributed by atoms with Gasteiger partial charge in [0.15, 0.2) is 0 Å². The number of piperazine rings is 1. The molecular weight excluding hydrogens is 254 g/mol. The number of aryl methyl sites for hydroxylation is 1. The van der Waals surface area contributed by atoms with Crippen molar-refractivity contribution in [2.75, 3.05) is 25.9 Å². The monoisotopic (exact) mass is 275 g/mol. The van der Waals surface area contributed by atoms with Gasteiger partial charge >= 0.3 is 0 Å². The lowest BCUT2D eigenvalue weighted by molar-refractivity contribution is -0.144. The van der Waals surface area contributed by atoms with Crippen molar-refractivity contribution in [3.05, 3.63) is 29.3 Å². The molecule has 0 spiro atoms. The molecule has 0 bridgehead atoms. The number of carbonyl (C=O) groups is 2. The van der Waals surface area contributed by atoms with Crippen LogP contribution in [0.3, 0.4) is 0 Å². The largest absolute Gasteiger partial charge is 0.399 e. The zero-order chi connectivity index (χ0) is 15.1. The molecule has 1 aromatic carbocycles. The van der Waals surface area contributed by atoms with E-state index in [1.807, 2.05) is 13.0 Å². The minimum atomic E-state index is -0.832. The van der Waals surface area contributed by atoms with Crippen molar-refractivity contribution in [3.63, 3.8) is 0 Å². The van der Waals surface area contributed by atoms with E-state index in [0.29, 0.717) is 24.3 Å². The molecule has 2 amide bonds. The minimum Gasteiger partial charge on any atom is -0.399 e. The molecule has 0 radical (unpaired) electrons. The lowest BCUT2D eigenvalue weighted by Crippen LogP contribution is -2.63. The third kappa shape index (κ3) is 2.24. The molecule has 108 valence electrons. The predicted octanol–water partition coefficient (Wildman–Crippen LogP) is 1.27. The number of nitrogens with two attached hydrogens (primary N) is 1. The highest BCUT2D eigenvalue weighted by atomic mass is 16.2. The number of benzene rings is 1. The number of hydrogen-bond acceptors (Lipinski definition) is 3. The second-order valence-corrected chi connectivity index (χ2v) is 5.82.